The number of primary sulfonamides is 1. The lowest BCUT2D eigenvalue weighted by Crippen LogP contribution is -2.36. The Morgan fingerprint density at radius 3 is 2.50 bits per heavy atom. The molecule has 3 rings (SSSR count). The molecule has 140 valence electrons. The van der Waals surface area contributed by atoms with Crippen molar-refractivity contribution in [3.8, 4) is 11.3 Å². The zero-order valence-corrected chi connectivity index (χ0v) is 15.6. The number of nitrogens with one attached hydrogen (secondary N) is 1. The monoisotopic (exact) mass is 377 g/mol. The number of carbonyl (C=O) groups is 1. The van der Waals surface area contributed by atoms with E-state index >= 15 is 0 Å². The molecular formula is C17H23N5O3S. The van der Waals surface area contributed by atoms with Crippen molar-refractivity contribution in [2.45, 2.75) is 37.6 Å². The molecule has 2 aromatic rings. The minimum absolute atomic E-state index is 0.0353. The number of nitrogens with zero attached hydrogens (tertiary/aromatic N) is 3. The molecule has 1 fully saturated rings. The van der Waals surface area contributed by atoms with E-state index in [2.05, 4.69) is 15.6 Å². The number of sulfonamides is 1. The quantitative estimate of drug-likeness (QED) is 0.754. The van der Waals surface area contributed by atoms with Crippen molar-refractivity contribution in [3.05, 3.63) is 30.5 Å². The summed E-state index contributed by atoms with van der Waals surface area (Å²) < 4.78 is 24.2. The molecule has 1 amide bonds. The van der Waals surface area contributed by atoms with Crippen LogP contribution in [-0.4, -0.2) is 35.9 Å². The summed E-state index contributed by atoms with van der Waals surface area (Å²) in [7, 11) is -3.73. The summed E-state index contributed by atoms with van der Waals surface area (Å²) >= 11 is 0. The van der Waals surface area contributed by atoms with E-state index in [1.165, 1.54) is 25.0 Å². The van der Waals surface area contributed by atoms with Crippen molar-refractivity contribution in [2.24, 2.45) is 17.0 Å². The van der Waals surface area contributed by atoms with Crippen LogP contribution >= 0.6 is 0 Å². The number of nitrogens with two attached hydrogens (primary N) is 1. The summed E-state index contributed by atoms with van der Waals surface area (Å²) in [5.74, 6) is 0.594. The lowest BCUT2D eigenvalue weighted by molar-refractivity contribution is -0.125. The van der Waals surface area contributed by atoms with E-state index in [9.17, 15) is 13.2 Å². The molecule has 0 radical (unpaired) electrons. The average molecular weight is 377 g/mol. The predicted molar refractivity (Wildman–Crippen MR) is 96.4 cm³/mol. The Hall–Kier alpha value is -2.26. The van der Waals surface area contributed by atoms with Crippen molar-refractivity contribution < 1.29 is 13.2 Å². The van der Waals surface area contributed by atoms with Gasteiger partial charge in [-0.3, -0.25) is 4.79 Å². The van der Waals surface area contributed by atoms with E-state index in [1.54, 1.807) is 23.0 Å². The van der Waals surface area contributed by atoms with Crippen LogP contribution in [0.3, 0.4) is 0 Å². The highest BCUT2D eigenvalue weighted by molar-refractivity contribution is 7.89. The molecule has 1 heterocycles. The highest BCUT2D eigenvalue weighted by Gasteiger charge is 2.28. The van der Waals surface area contributed by atoms with Crippen LogP contribution in [0, 0.1) is 11.8 Å². The summed E-state index contributed by atoms with van der Waals surface area (Å²) in [6.45, 7) is 4.63. The Morgan fingerprint density at radius 2 is 1.96 bits per heavy atom. The van der Waals surface area contributed by atoms with Gasteiger partial charge < -0.3 is 5.32 Å². The maximum atomic E-state index is 12.5. The number of aromatic nitrogens is 3. The highest BCUT2D eigenvalue weighted by atomic mass is 32.2. The Kier molecular flexibility index (Phi) is 5.10. The van der Waals surface area contributed by atoms with Crippen LogP contribution < -0.4 is 10.5 Å². The summed E-state index contributed by atoms with van der Waals surface area (Å²) in [6, 6.07) is 5.63. The van der Waals surface area contributed by atoms with Crippen LogP contribution in [0.5, 0.6) is 0 Å². The van der Waals surface area contributed by atoms with Gasteiger partial charge in [0.05, 0.1) is 11.1 Å². The topological polar surface area (TPSA) is 120 Å². The van der Waals surface area contributed by atoms with Gasteiger partial charge in [-0.2, -0.15) is 0 Å². The van der Waals surface area contributed by atoms with E-state index in [1.807, 2.05) is 13.8 Å². The first-order chi connectivity index (χ1) is 12.3. The van der Waals surface area contributed by atoms with Crippen molar-refractivity contribution in [1.29, 1.82) is 0 Å². The zero-order chi connectivity index (χ0) is 18.9. The molecule has 26 heavy (non-hydrogen) atoms. The summed E-state index contributed by atoms with van der Waals surface area (Å²) in [5, 5.41) is 16.3. The van der Waals surface area contributed by atoms with E-state index in [4.69, 9.17) is 5.14 Å². The average Bonchev–Trinajstić information content (AvgIpc) is 3.29. The standard InChI is InChI=1S/C17H23N5O3S/c1-11(2)16(17(23)19-9-12-3-4-12)22-10-15(20-21-22)13-5-7-14(8-6-13)26(18,24)25/h5-8,10-12,16H,3-4,9H2,1-2H3,(H,19,23)(H2,18,24,25). The third-order valence-electron chi connectivity index (χ3n) is 4.44. The first-order valence-corrected chi connectivity index (χ1v) is 10.1. The van der Waals surface area contributed by atoms with Crippen molar-refractivity contribution in [1.82, 2.24) is 20.3 Å². The van der Waals surface area contributed by atoms with Crippen LogP contribution in [0.15, 0.2) is 35.4 Å². The normalized spacial score (nSPS) is 15.8. The largest absolute Gasteiger partial charge is 0.354 e. The van der Waals surface area contributed by atoms with E-state index in [0.29, 0.717) is 23.7 Å². The molecule has 1 unspecified atom stereocenters. The first kappa shape index (κ1) is 18.5. The van der Waals surface area contributed by atoms with E-state index < -0.39 is 16.1 Å². The van der Waals surface area contributed by atoms with Crippen LogP contribution in [0.1, 0.15) is 32.7 Å². The fraction of sp³-hybridized carbons (Fsp3) is 0.471. The van der Waals surface area contributed by atoms with Crippen LogP contribution in [0.25, 0.3) is 11.3 Å². The van der Waals surface area contributed by atoms with E-state index in [-0.39, 0.29) is 16.7 Å². The molecule has 1 atom stereocenters. The molecule has 9 heteroatoms. The highest BCUT2D eigenvalue weighted by Crippen LogP contribution is 2.28. The molecule has 0 bridgehead atoms. The molecule has 1 aliphatic rings. The number of rotatable bonds is 7. The Labute approximate surface area is 152 Å². The lowest BCUT2D eigenvalue weighted by atomic mass is 10.0. The third kappa shape index (κ3) is 4.28. The van der Waals surface area contributed by atoms with E-state index in [0.717, 1.165) is 0 Å². The van der Waals surface area contributed by atoms with Gasteiger partial charge >= 0.3 is 0 Å². The van der Waals surface area contributed by atoms with Crippen LogP contribution in [0.4, 0.5) is 0 Å². The Morgan fingerprint density at radius 1 is 1.31 bits per heavy atom. The molecule has 1 aromatic heterocycles. The van der Waals surface area contributed by atoms with Crippen molar-refractivity contribution >= 4 is 15.9 Å². The minimum Gasteiger partial charge on any atom is -0.354 e. The molecule has 1 aromatic carbocycles. The van der Waals surface area contributed by atoms with Crippen LogP contribution in [-0.2, 0) is 14.8 Å². The molecular weight excluding hydrogens is 354 g/mol. The summed E-state index contributed by atoms with van der Waals surface area (Å²) in [4.78, 5) is 12.6. The number of hydrogen-bond donors (Lipinski definition) is 2. The maximum absolute atomic E-state index is 12.5. The van der Waals surface area contributed by atoms with Crippen molar-refractivity contribution in [2.75, 3.05) is 6.54 Å². The fourth-order valence-electron chi connectivity index (χ4n) is 2.76. The second-order valence-corrected chi connectivity index (χ2v) is 8.59. The van der Waals surface area contributed by atoms with Gasteiger partial charge in [-0.25, -0.2) is 18.2 Å². The lowest BCUT2D eigenvalue weighted by Gasteiger charge is -2.20. The van der Waals surface area contributed by atoms with Gasteiger partial charge in [-0.1, -0.05) is 31.2 Å². The molecule has 3 N–H and O–H groups in total. The third-order valence-corrected chi connectivity index (χ3v) is 5.37. The molecule has 0 saturated heterocycles. The maximum Gasteiger partial charge on any atom is 0.245 e. The van der Waals surface area contributed by atoms with Crippen LogP contribution in [0.2, 0.25) is 0 Å². The Bertz CT molecular complexity index is 885. The van der Waals surface area contributed by atoms with Gasteiger partial charge in [0.25, 0.3) is 0 Å². The zero-order valence-electron chi connectivity index (χ0n) is 14.8. The SMILES string of the molecule is CC(C)C(C(=O)NCC1CC1)n1cc(-c2ccc(S(N)(=O)=O)cc2)nn1. The van der Waals surface area contributed by atoms with Gasteiger partial charge in [0.1, 0.15) is 11.7 Å². The smallest absolute Gasteiger partial charge is 0.245 e. The predicted octanol–water partition coefficient (Wildman–Crippen LogP) is 1.32. The molecule has 8 nitrogen and oxygen atoms in total. The van der Waals surface area contributed by atoms with Gasteiger partial charge in [0.2, 0.25) is 15.9 Å². The van der Waals surface area contributed by atoms with Gasteiger partial charge in [0, 0.05) is 12.1 Å². The Balaban J connectivity index is 1.78. The number of carbonyl (C=O) groups excluding carboxylic acids is 1. The van der Waals surface area contributed by atoms with Gasteiger partial charge in [-0.15, -0.1) is 5.10 Å². The molecule has 1 saturated carbocycles. The number of hydrogen-bond acceptors (Lipinski definition) is 5. The minimum atomic E-state index is -3.73. The fourth-order valence-corrected chi connectivity index (χ4v) is 3.28. The second-order valence-electron chi connectivity index (χ2n) is 7.03. The molecule has 0 spiro atoms. The van der Waals surface area contributed by atoms with Gasteiger partial charge in [-0.05, 0) is 36.8 Å². The molecule has 1 aliphatic carbocycles. The number of amides is 1. The second kappa shape index (κ2) is 7.16. The number of benzene rings is 1. The summed E-state index contributed by atoms with van der Waals surface area (Å²) in [6.07, 6.45) is 4.05. The van der Waals surface area contributed by atoms with Gasteiger partial charge in [0.15, 0.2) is 0 Å². The summed E-state index contributed by atoms with van der Waals surface area (Å²) in [5.41, 5.74) is 1.26. The first-order valence-electron chi connectivity index (χ1n) is 8.58. The molecule has 0 aliphatic heterocycles. The van der Waals surface area contributed by atoms with Crippen molar-refractivity contribution in [3.63, 3.8) is 0 Å².